The predicted octanol–water partition coefficient (Wildman–Crippen LogP) is 4.21. The van der Waals surface area contributed by atoms with Gasteiger partial charge >= 0.3 is 6.09 Å². The molecule has 1 aliphatic carbocycles. The number of thiazole rings is 1. The molecule has 1 aromatic rings. The van der Waals surface area contributed by atoms with E-state index in [2.05, 4.69) is 26.2 Å². The third-order valence-corrected chi connectivity index (χ3v) is 5.10. The van der Waals surface area contributed by atoms with Gasteiger partial charge in [0.1, 0.15) is 8.79 Å². The van der Waals surface area contributed by atoms with Crippen molar-refractivity contribution in [3.05, 3.63) is 14.7 Å². The molecule has 0 radical (unpaired) electrons. The highest BCUT2D eigenvalue weighted by Gasteiger charge is 2.26. The SMILES string of the molecule is CC(C)OC(=O)N[C@H]1CC[C@H](c2nc(F)c(Br)s2)CC1. The molecule has 1 saturated carbocycles. The van der Waals surface area contributed by atoms with E-state index in [9.17, 15) is 9.18 Å². The molecule has 0 atom stereocenters. The van der Waals surface area contributed by atoms with Crippen LogP contribution in [0.5, 0.6) is 0 Å². The van der Waals surface area contributed by atoms with Gasteiger partial charge in [-0.3, -0.25) is 0 Å². The van der Waals surface area contributed by atoms with Crippen molar-refractivity contribution in [2.45, 2.75) is 57.6 Å². The van der Waals surface area contributed by atoms with E-state index in [1.165, 1.54) is 11.3 Å². The fourth-order valence-corrected chi connectivity index (χ4v) is 3.80. The molecule has 0 aliphatic heterocycles. The molecule has 0 bridgehead atoms. The third kappa shape index (κ3) is 4.15. The molecule has 1 N–H and O–H groups in total. The summed E-state index contributed by atoms with van der Waals surface area (Å²) in [6.45, 7) is 3.65. The highest BCUT2D eigenvalue weighted by atomic mass is 79.9. The van der Waals surface area contributed by atoms with Crippen LogP contribution >= 0.6 is 27.3 Å². The first kappa shape index (κ1) is 15.7. The molecule has 112 valence electrons. The van der Waals surface area contributed by atoms with Gasteiger partial charge in [-0.1, -0.05) is 0 Å². The summed E-state index contributed by atoms with van der Waals surface area (Å²) in [5.74, 6) is -0.134. The van der Waals surface area contributed by atoms with Gasteiger partial charge in [-0.05, 0) is 55.5 Å². The van der Waals surface area contributed by atoms with E-state index in [0.717, 1.165) is 30.7 Å². The number of ether oxygens (including phenoxy) is 1. The molecule has 0 spiro atoms. The molecular formula is C13H18BrFN2O2S. The van der Waals surface area contributed by atoms with Gasteiger partial charge in [0.2, 0.25) is 5.95 Å². The van der Waals surface area contributed by atoms with Gasteiger partial charge < -0.3 is 10.1 Å². The van der Waals surface area contributed by atoms with Crippen molar-refractivity contribution in [3.8, 4) is 0 Å². The standard InChI is InChI=1S/C13H18BrFN2O2S/c1-7(2)19-13(18)16-9-5-3-8(4-6-9)12-17-11(15)10(14)20-12/h7-9H,3-6H2,1-2H3,(H,16,18)/t8-,9-. The Morgan fingerprint density at radius 1 is 1.45 bits per heavy atom. The van der Waals surface area contributed by atoms with Gasteiger partial charge in [-0.25, -0.2) is 9.78 Å². The van der Waals surface area contributed by atoms with Crippen molar-refractivity contribution in [2.75, 3.05) is 0 Å². The highest BCUT2D eigenvalue weighted by molar-refractivity contribution is 9.11. The van der Waals surface area contributed by atoms with Crippen molar-refractivity contribution < 1.29 is 13.9 Å². The molecule has 7 heteroatoms. The zero-order valence-corrected chi connectivity index (χ0v) is 13.9. The van der Waals surface area contributed by atoms with Gasteiger partial charge in [0.15, 0.2) is 0 Å². The molecule has 1 heterocycles. The second-order valence-corrected chi connectivity index (χ2v) is 7.61. The van der Waals surface area contributed by atoms with E-state index in [0.29, 0.717) is 9.70 Å². The first-order valence-corrected chi connectivity index (χ1v) is 8.35. The van der Waals surface area contributed by atoms with Crippen LogP contribution in [0.1, 0.15) is 50.5 Å². The number of nitrogens with one attached hydrogen (secondary N) is 1. The van der Waals surface area contributed by atoms with Crippen LogP contribution in [-0.2, 0) is 4.74 Å². The minimum Gasteiger partial charge on any atom is -0.447 e. The molecule has 2 rings (SSSR count). The number of nitrogens with zero attached hydrogens (tertiary/aromatic N) is 1. The summed E-state index contributed by atoms with van der Waals surface area (Å²) in [6, 6.07) is 0.144. The summed E-state index contributed by atoms with van der Waals surface area (Å²) in [6.07, 6.45) is 3.10. The molecule has 20 heavy (non-hydrogen) atoms. The van der Waals surface area contributed by atoms with Crippen LogP contribution < -0.4 is 5.32 Å². The molecular weight excluding hydrogens is 347 g/mol. The van der Waals surface area contributed by atoms with E-state index in [-0.39, 0.29) is 18.2 Å². The Morgan fingerprint density at radius 2 is 2.10 bits per heavy atom. The molecule has 0 unspecified atom stereocenters. The van der Waals surface area contributed by atoms with Crippen molar-refractivity contribution in [2.24, 2.45) is 0 Å². The molecule has 1 aromatic heterocycles. The molecule has 4 nitrogen and oxygen atoms in total. The fraction of sp³-hybridized carbons (Fsp3) is 0.692. The van der Waals surface area contributed by atoms with E-state index < -0.39 is 5.95 Å². The Balaban J connectivity index is 1.82. The number of alkyl carbamates (subject to hydrolysis) is 1. The molecule has 1 aliphatic rings. The maximum atomic E-state index is 13.2. The highest BCUT2D eigenvalue weighted by Crippen LogP contribution is 2.37. The van der Waals surface area contributed by atoms with Crippen LogP contribution in [-0.4, -0.2) is 23.2 Å². The van der Waals surface area contributed by atoms with E-state index in [4.69, 9.17) is 4.74 Å². The second-order valence-electron chi connectivity index (χ2n) is 5.26. The van der Waals surface area contributed by atoms with Gasteiger partial charge in [0, 0.05) is 12.0 Å². The van der Waals surface area contributed by atoms with Crippen LogP contribution in [0.15, 0.2) is 3.79 Å². The molecule has 1 amide bonds. The first-order chi connectivity index (χ1) is 9.45. The average Bonchev–Trinajstić information content (AvgIpc) is 2.69. The molecule has 0 aromatic carbocycles. The largest absolute Gasteiger partial charge is 0.447 e. The average molecular weight is 365 g/mol. The number of amides is 1. The number of hydrogen-bond acceptors (Lipinski definition) is 4. The lowest BCUT2D eigenvalue weighted by atomic mass is 9.86. The zero-order valence-electron chi connectivity index (χ0n) is 11.5. The minimum absolute atomic E-state index is 0.109. The first-order valence-electron chi connectivity index (χ1n) is 6.74. The molecule has 1 fully saturated rings. The third-order valence-electron chi connectivity index (χ3n) is 3.31. The van der Waals surface area contributed by atoms with Gasteiger partial charge in [0.05, 0.1) is 6.10 Å². The number of rotatable bonds is 3. The Labute approximate surface area is 130 Å². The number of carbonyl (C=O) groups excluding carboxylic acids is 1. The number of hydrogen-bond donors (Lipinski definition) is 1. The van der Waals surface area contributed by atoms with Crippen molar-refractivity contribution in [1.82, 2.24) is 10.3 Å². The summed E-state index contributed by atoms with van der Waals surface area (Å²) in [5, 5.41) is 3.72. The monoisotopic (exact) mass is 364 g/mol. The fourth-order valence-electron chi connectivity index (χ4n) is 2.37. The van der Waals surface area contributed by atoms with Crippen LogP contribution in [0.4, 0.5) is 9.18 Å². The van der Waals surface area contributed by atoms with Crippen molar-refractivity contribution in [1.29, 1.82) is 0 Å². The van der Waals surface area contributed by atoms with E-state index >= 15 is 0 Å². The van der Waals surface area contributed by atoms with Gasteiger partial charge in [-0.15, -0.1) is 11.3 Å². The lowest BCUT2D eigenvalue weighted by Gasteiger charge is -2.27. The van der Waals surface area contributed by atoms with Gasteiger partial charge in [-0.2, -0.15) is 4.39 Å². The minimum atomic E-state index is -0.425. The van der Waals surface area contributed by atoms with Crippen molar-refractivity contribution >= 4 is 33.4 Å². The summed E-state index contributed by atoms with van der Waals surface area (Å²) in [7, 11) is 0. The zero-order chi connectivity index (χ0) is 14.7. The summed E-state index contributed by atoms with van der Waals surface area (Å²) in [5.41, 5.74) is 0. The predicted molar refractivity (Wildman–Crippen MR) is 79.5 cm³/mol. The van der Waals surface area contributed by atoms with Crippen LogP contribution in [0.3, 0.4) is 0 Å². The maximum Gasteiger partial charge on any atom is 0.407 e. The number of aromatic nitrogens is 1. The Morgan fingerprint density at radius 3 is 2.60 bits per heavy atom. The topological polar surface area (TPSA) is 51.2 Å². The summed E-state index contributed by atoms with van der Waals surface area (Å²) >= 11 is 4.52. The van der Waals surface area contributed by atoms with Crippen molar-refractivity contribution in [3.63, 3.8) is 0 Å². The number of halogens is 2. The lowest BCUT2D eigenvalue weighted by molar-refractivity contribution is 0.109. The number of carbonyl (C=O) groups is 1. The summed E-state index contributed by atoms with van der Waals surface area (Å²) < 4.78 is 18.8. The smallest absolute Gasteiger partial charge is 0.407 e. The quantitative estimate of drug-likeness (QED) is 0.873. The normalized spacial score (nSPS) is 22.9. The Hall–Kier alpha value is -0.690. The Bertz CT molecular complexity index is 453. The van der Waals surface area contributed by atoms with Gasteiger partial charge in [0.25, 0.3) is 0 Å². The maximum absolute atomic E-state index is 13.2. The van der Waals surface area contributed by atoms with Crippen LogP contribution in [0.2, 0.25) is 0 Å². The van der Waals surface area contributed by atoms with Crippen LogP contribution in [0, 0.1) is 5.95 Å². The molecule has 0 saturated heterocycles. The second kappa shape index (κ2) is 6.85. The Kier molecular flexibility index (Phi) is 5.37. The lowest BCUT2D eigenvalue weighted by Crippen LogP contribution is -2.38. The van der Waals surface area contributed by atoms with E-state index in [1.807, 2.05) is 13.8 Å². The summed E-state index contributed by atoms with van der Waals surface area (Å²) in [4.78, 5) is 15.5. The van der Waals surface area contributed by atoms with E-state index in [1.54, 1.807) is 0 Å². The van der Waals surface area contributed by atoms with Crippen LogP contribution in [0.25, 0.3) is 0 Å².